The molecule has 3 aliphatic rings. The molecule has 16 heavy (non-hydrogen) atoms. The molecule has 3 fully saturated rings. The van der Waals surface area contributed by atoms with E-state index >= 15 is 0 Å². The van der Waals surface area contributed by atoms with Crippen molar-refractivity contribution in [3.8, 4) is 0 Å². The molecule has 0 atom stereocenters. The van der Waals surface area contributed by atoms with Crippen molar-refractivity contribution in [2.75, 3.05) is 0 Å². The van der Waals surface area contributed by atoms with Crippen LogP contribution in [0.4, 0.5) is 4.39 Å². The average molecular weight is 305 g/mol. The van der Waals surface area contributed by atoms with E-state index < -0.39 is 20.4 Å². The Morgan fingerprint density at radius 2 is 1.88 bits per heavy atom. The summed E-state index contributed by atoms with van der Waals surface area (Å²) in [5.74, 6) is -0.499. The third-order valence-electron chi connectivity index (χ3n) is 3.59. The summed E-state index contributed by atoms with van der Waals surface area (Å²) in [6, 6.07) is 5.28. The maximum absolute atomic E-state index is 13.0. The van der Waals surface area contributed by atoms with Crippen LogP contribution in [0.3, 0.4) is 0 Å². The van der Waals surface area contributed by atoms with Crippen molar-refractivity contribution in [3.05, 3.63) is 30.1 Å². The zero-order valence-electron chi connectivity index (χ0n) is 8.41. The van der Waals surface area contributed by atoms with Crippen molar-refractivity contribution in [3.63, 3.8) is 0 Å². The van der Waals surface area contributed by atoms with Gasteiger partial charge in [0.2, 0.25) is 0 Å². The zero-order valence-corrected chi connectivity index (χ0v) is 10.8. The molecule has 0 saturated heterocycles. The molecule has 0 N–H and O–H groups in total. The highest BCUT2D eigenvalue weighted by atomic mass is 79.9. The molecule has 2 bridgehead atoms. The Morgan fingerprint density at radius 1 is 1.25 bits per heavy atom. The first kappa shape index (κ1) is 10.7. The minimum atomic E-state index is -3.37. The maximum Gasteiger partial charge on any atom is 0.184 e. The Hall–Kier alpha value is -0.420. The normalized spacial score (nSPS) is 36.4. The summed E-state index contributed by atoms with van der Waals surface area (Å²) in [7, 11) is -3.37. The van der Waals surface area contributed by atoms with Crippen LogP contribution in [0.1, 0.15) is 19.3 Å². The van der Waals surface area contributed by atoms with Gasteiger partial charge in [-0.1, -0.05) is 22.0 Å². The van der Waals surface area contributed by atoms with E-state index in [1.54, 1.807) is 0 Å². The Morgan fingerprint density at radius 3 is 2.38 bits per heavy atom. The fraction of sp³-hybridized carbons (Fsp3) is 0.455. The predicted molar refractivity (Wildman–Crippen MR) is 61.8 cm³/mol. The number of hydrogen-bond acceptors (Lipinski definition) is 2. The second-order valence-corrected chi connectivity index (χ2v) is 8.85. The van der Waals surface area contributed by atoms with E-state index in [1.807, 2.05) is 0 Å². The summed E-state index contributed by atoms with van der Waals surface area (Å²) in [6.07, 6.45) is 1.95. The second-order valence-electron chi connectivity index (χ2n) is 4.83. The van der Waals surface area contributed by atoms with Gasteiger partial charge < -0.3 is 0 Å². The molecule has 86 valence electrons. The first-order chi connectivity index (χ1) is 7.37. The molecule has 0 radical (unpaired) electrons. The minimum absolute atomic E-state index is 0.0490. The second kappa shape index (κ2) is 2.88. The van der Waals surface area contributed by atoms with Gasteiger partial charge in [-0.15, -0.1) is 0 Å². The highest BCUT2D eigenvalue weighted by molar-refractivity contribution is 9.10. The van der Waals surface area contributed by atoms with Gasteiger partial charge in [0.1, 0.15) is 5.82 Å². The van der Waals surface area contributed by atoms with E-state index in [0.717, 1.165) is 6.07 Å². The number of sulfone groups is 1. The van der Waals surface area contributed by atoms with E-state index in [9.17, 15) is 12.8 Å². The molecule has 0 unspecified atom stereocenters. The van der Waals surface area contributed by atoms with Crippen LogP contribution >= 0.6 is 15.9 Å². The van der Waals surface area contributed by atoms with Gasteiger partial charge in [0.25, 0.3) is 0 Å². The van der Waals surface area contributed by atoms with Crippen LogP contribution < -0.4 is 0 Å². The lowest BCUT2D eigenvalue weighted by Gasteiger charge is -2.66. The summed E-state index contributed by atoms with van der Waals surface area (Å²) in [6.45, 7) is 0. The molecule has 0 aliphatic heterocycles. The molecule has 0 spiro atoms. The first-order valence-electron chi connectivity index (χ1n) is 5.06. The van der Waals surface area contributed by atoms with Crippen LogP contribution in [0.25, 0.3) is 0 Å². The van der Waals surface area contributed by atoms with Gasteiger partial charge in [-0.05, 0) is 37.5 Å². The summed E-state index contributed by atoms with van der Waals surface area (Å²) in [4.78, 5) is 0.113. The molecular formula is C11H10BrFO2S. The quantitative estimate of drug-likeness (QED) is 0.787. The van der Waals surface area contributed by atoms with Gasteiger partial charge in [0, 0.05) is 4.32 Å². The van der Waals surface area contributed by atoms with Crippen molar-refractivity contribution in [1.82, 2.24) is 0 Å². The van der Waals surface area contributed by atoms with Crippen LogP contribution in [0, 0.1) is 5.82 Å². The molecule has 4 rings (SSSR count). The van der Waals surface area contributed by atoms with E-state index in [0.29, 0.717) is 19.3 Å². The molecule has 0 heterocycles. The van der Waals surface area contributed by atoms with Crippen LogP contribution in [0.5, 0.6) is 0 Å². The molecule has 1 aromatic carbocycles. The third kappa shape index (κ3) is 1.19. The van der Waals surface area contributed by atoms with Crippen molar-refractivity contribution in [1.29, 1.82) is 0 Å². The first-order valence-corrected chi connectivity index (χ1v) is 7.34. The number of benzene rings is 1. The van der Waals surface area contributed by atoms with Crippen molar-refractivity contribution >= 4 is 25.8 Å². The fourth-order valence-corrected chi connectivity index (χ4v) is 7.34. The Bertz CT molecular complexity index is 547. The molecule has 0 aromatic heterocycles. The molecular weight excluding hydrogens is 295 g/mol. The summed E-state index contributed by atoms with van der Waals surface area (Å²) in [5, 5.41) is 0. The summed E-state index contributed by atoms with van der Waals surface area (Å²) >= 11 is 3.51. The Labute approximate surface area is 102 Å². The van der Waals surface area contributed by atoms with Crippen LogP contribution in [-0.4, -0.2) is 17.5 Å². The SMILES string of the molecule is O=S(=O)(c1cccc(F)c1)C12CC(Br)(C1)C2. The van der Waals surface area contributed by atoms with Gasteiger partial charge in [-0.2, -0.15) is 0 Å². The van der Waals surface area contributed by atoms with Gasteiger partial charge in [-0.3, -0.25) is 0 Å². The van der Waals surface area contributed by atoms with Crippen molar-refractivity contribution < 1.29 is 12.8 Å². The number of hydrogen-bond donors (Lipinski definition) is 0. The van der Waals surface area contributed by atoms with Crippen molar-refractivity contribution in [2.24, 2.45) is 0 Å². The fourth-order valence-electron chi connectivity index (χ4n) is 2.75. The third-order valence-corrected chi connectivity index (χ3v) is 6.88. The summed E-state index contributed by atoms with van der Waals surface area (Å²) in [5.41, 5.74) is 0. The van der Waals surface area contributed by atoms with Crippen LogP contribution in [-0.2, 0) is 9.84 Å². The topological polar surface area (TPSA) is 34.1 Å². The van der Waals surface area contributed by atoms with E-state index in [1.165, 1.54) is 18.2 Å². The van der Waals surface area contributed by atoms with Gasteiger partial charge in [0.05, 0.1) is 9.64 Å². The number of alkyl halides is 1. The van der Waals surface area contributed by atoms with E-state index in [2.05, 4.69) is 15.9 Å². The lowest BCUT2D eigenvalue weighted by molar-refractivity contribution is 0.0935. The molecule has 1 aromatic rings. The highest BCUT2D eigenvalue weighted by Crippen LogP contribution is 2.70. The molecule has 3 aliphatic carbocycles. The zero-order chi connectivity index (χ0) is 11.6. The molecule has 2 nitrogen and oxygen atoms in total. The largest absolute Gasteiger partial charge is 0.223 e. The minimum Gasteiger partial charge on any atom is -0.223 e. The van der Waals surface area contributed by atoms with Crippen LogP contribution in [0.2, 0.25) is 0 Å². The smallest absolute Gasteiger partial charge is 0.184 e. The Balaban J connectivity index is 2.01. The lowest BCUT2D eigenvalue weighted by Crippen LogP contribution is -2.72. The van der Waals surface area contributed by atoms with Crippen molar-refractivity contribution in [2.45, 2.75) is 33.2 Å². The maximum atomic E-state index is 13.0. The monoisotopic (exact) mass is 304 g/mol. The highest BCUT2D eigenvalue weighted by Gasteiger charge is 2.73. The predicted octanol–water partition coefficient (Wildman–Crippen LogP) is 2.67. The van der Waals surface area contributed by atoms with Crippen LogP contribution in [0.15, 0.2) is 29.2 Å². The summed E-state index contributed by atoms with van der Waals surface area (Å²) < 4.78 is 37.0. The van der Waals surface area contributed by atoms with E-state index in [4.69, 9.17) is 0 Å². The standard InChI is InChI=1S/C11H10BrFO2S/c12-10-5-11(6-10,7-10)16(14,15)9-3-1-2-8(13)4-9/h1-4H,5-7H2. The Kier molecular flexibility index (Phi) is 1.93. The molecule has 5 heteroatoms. The van der Waals surface area contributed by atoms with Gasteiger partial charge >= 0.3 is 0 Å². The molecule has 0 amide bonds. The molecule has 3 saturated carbocycles. The van der Waals surface area contributed by atoms with Gasteiger partial charge in [-0.25, -0.2) is 12.8 Å². The van der Waals surface area contributed by atoms with Gasteiger partial charge in [0.15, 0.2) is 9.84 Å². The van der Waals surface area contributed by atoms with E-state index in [-0.39, 0.29) is 9.22 Å². The number of halogens is 2. The number of rotatable bonds is 2. The average Bonchev–Trinajstić information content (AvgIpc) is 2.11. The lowest BCUT2D eigenvalue weighted by atomic mass is 9.55.